The Morgan fingerprint density at radius 1 is 1.50 bits per heavy atom. The van der Waals surface area contributed by atoms with Gasteiger partial charge in [-0.15, -0.1) is 0 Å². The van der Waals surface area contributed by atoms with E-state index in [1.54, 1.807) is 6.92 Å². The van der Waals surface area contributed by atoms with Gasteiger partial charge in [-0.25, -0.2) is 4.79 Å². The van der Waals surface area contributed by atoms with Crippen molar-refractivity contribution in [2.75, 3.05) is 0 Å². The molecule has 0 spiro atoms. The van der Waals surface area contributed by atoms with Gasteiger partial charge in [0.25, 0.3) is 0 Å². The largest absolute Gasteiger partial charge is 0.480 e. The van der Waals surface area contributed by atoms with Gasteiger partial charge in [0.1, 0.15) is 6.04 Å². The molecule has 3 N–H and O–H groups in total. The highest BCUT2D eigenvalue weighted by Gasteiger charge is 2.43. The van der Waals surface area contributed by atoms with Crippen LogP contribution in [0.5, 0.6) is 0 Å². The van der Waals surface area contributed by atoms with Crippen LogP contribution in [-0.2, 0) is 9.59 Å². The summed E-state index contributed by atoms with van der Waals surface area (Å²) in [4.78, 5) is 22.7. The Balaban J connectivity index is 1.90. The molecule has 2 aliphatic rings. The molecule has 4 atom stereocenters. The van der Waals surface area contributed by atoms with Crippen LogP contribution in [0.3, 0.4) is 0 Å². The second kappa shape index (κ2) is 4.41. The van der Waals surface area contributed by atoms with Crippen LogP contribution in [0.2, 0.25) is 0 Å². The van der Waals surface area contributed by atoms with Crippen molar-refractivity contribution in [3.05, 3.63) is 0 Å². The lowest BCUT2D eigenvalue weighted by atomic mass is 9.88. The van der Waals surface area contributed by atoms with Gasteiger partial charge in [0.2, 0.25) is 5.91 Å². The average Bonchev–Trinajstić information content (AvgIpc) is 2.86. The van der Waals surface area contributed by atoms with Crippen LogP contribution < -0.4 is 10.6 Å². The number of carboxylic acids is 1. The molecule has 0 aliphatic carbocycles. The van der Waals surface area contributed by atoms with E-state index in [0.717, 1.165) is 19.3 Å². The summed E-state index contributed by atoms with van der Waals surface area (Å²) in [5.41, 5.74) is 0. The van der Waals surface area contributed by atoms with Crippen molar-refractivity contribution in [3.63, 3.8) is 0 Å². The van der Waals surface area contributed by atoms with E-state index < -0.39 is 12.0 Å². The van der Waals surface area contributed by atoms with Gasteiger partial charge in [0.15, 0.2) is 0 Å². The average molecular weight is 226 g/mol. The topological polar surface area (TPSA) is 78.4 Å². The molecule has 5 nitrogen and oxygen atoms in total. The predicted molar refractivity (Wildman–Crippen MR) is 57.9 cm³/mol. The lowest BCUT2D eigenvalue weighted by Crippen LogP contribution is -2.45. The molecule has 2 saturated heterocycles. The van der Waals surface area contributed by atoms with E-state index in [4.69, 9.17) is 5.11 Å². The van der Waals surface area contributed by atoms with E-state index in [9.17, 15) is 9.59 Å². The highest BCUT2D eigenvalue weighted by Crippen LogP contribution is 2.33. The molecular formula is C11H18N2O3. The molecule has 0 aromatic rings. The van der Waals surface area contributed by atoms with Crippen molar-refractivity contribution in [1.82, 2.24) is 10.6 Å². The molecule has 1 amide bonds. The number of carboxylic acid groups (broad SMARTS) is 1. The minimum atomic E-state index is -0.952. The summed E-state index contributed by atoms with van der Waals surface area (Å²) < 4.78 is 0. The summed E-state index contributed by atoms with van der Waals surface area (Å²) in [6, 6.07) is -0.0198. The first-order chi connectivity index (χ1) is 7.61. The number of rotatable bonds is 4. The van der Waals surface area contributed by atoms with E-state index in [1.165, 1.54) is 0 Å². The normalized spacial score (nSPS) is 33.7. The summed E-state index contributed by atoms with van der Waals surface area (Å²) in [6.45, 7) is 1.76. The van der Waals surface area contributed by atoms with Crippen molar-refractivity contribution in [2.24, 2.45) is 5.92 Å². The van der Waals surface area contributed by atoms with E-state index in [2.05, 4.69) is 10.6 Å². The van der Waals surface area contributed by atoms with Crippen molar-refractivity contribution in [1.29, 1.82) is 0 Å². The minimum Gasteiger partial charge on any atom is -0.480 e. The molecule has 0 aromatic heterocycles. The zero-order chi connectivity index (χ0) is 11.7. The Hall–Kier alpha value is -1.10. The number of hydrogen-bond acceptors (Lipinski definition) is 3. The standard InChI is InChI=1S/C11H18N2O3/c1-2-8(11(15)16)13-10(14)7-5-6-3-4-9(7)12-6/h6-9,12H,2-5H2,1H3,(H,13,14)(H,15,16)/t6?,7?,8-,9?/m0/s1. The van der Waals surface area contributed by atoms with Gasteiger partial charge in [0, 0.05) is 12.1 Å². The quantitative estimate of drug-likeness (QED) is 0.635. The first-order valence-electron chi connectivity index (χ1n) is 5.91. The number of hydrogen-bond donors (Lipinski definition) is 3. The Morgan fingerprint density at radius 3 is 2.69 bits per heavy atom. The molecular weight excluding hydrogens is 208 g/mol. The van der Waals surface area contributed by atoms with E-state index >= 15 is 0 Å². The first-order valence-corrected chi connectivity index (χ1v) is 5.91. The summed E-state index contributed by atoms with van der Waals surface area (Å²) in [7, 11) is 0. The maximum absolute atomic E-state index is 11.9. The number of fused-ring (bicyclic) bond motifs is 2. The van der Waals surface area contributed by atoms with Gasteiger partial charge < -0.3 is 15.7 Å². The molecule has 2 aliphatic heterocycles. The predicted octanol–water partition coefficient (Wildman–Crippen LogP) is 0.106. The third-order valence-corrected chi connectivity index (χ3v) is 3.66. The summed E-state index contributed by atoms with van der Waals surface area (Å²) >= 11 is 0. The first kappa shape index (κ1) is 11.4. The molecule has 0 aromatic carbocycles. The highest BCUT2D eigenvalue weighted by atomic mass is 16.4. The zero-order valence-electron chi connectivity index (χ0n) is 9.40. The fraction of sp³-hybridized carbons (Fsp3) is 0.818. The van der Waals surface area contributed by atoms with Gasteiger partial charge in [0.05, 0.1) is 5.92 Å². The maximum atomic E-state index is 11.9. The van der Waals surface area contributed by atoms with Crippen LogP contribution in [-0.4, -0.2) is 35.1 Å². The van der Waals surface area contributed by atoms with Crippen molar-refractivity contribution < 1.29 is 14.7 Å². The number of carbonyl (C=O) groups is 2. The summed E-state index contributed by atoms with van der Waals surface area (Å²) in [5.74, 6) is -1.09. The SMILES string of the molecule is CC[C@H](NC(=O)C1CC2CCC1N2)C(=O)O. The maximum Gasteiger partial charge on any atom is 0.326 e. The summed E-state index contributed by atoms with van der Waals surface area (Å²) in [5, 5.41) is 14.9. The fourth-order valence-electron chi connectivity index (χ4n) is 2.73. The van der Waals surface area contributed by atoms with Crippen LogP contribution in [0.25, 0.3) is 0 Å². The van der Waals surface area contributed by atoms with Crippen LogP contribution in [0.4, 0.5) is 0 Å². The van der Waals surface area contributed by atoms with Crippen LogP contribution >= 0.6 is 0 Å². The number of nitrogens with one attached hydrogen (secondary N) is 2. The van der Waals surface area contributed by atoms with Gasteiger partial charge in [-0.05, 0) is 25.7 Å². The molecule has 3 unspecified atom stereocenters. The Morgan fingerprint density at radius 2 is 2.25 bits per heavy atom. The molecule has 2 fully saturated rings. The zero-order valence-corrected chi connectivity index (χ0v) is 9.40. The third kappa shape index (κ3) is 2.04. The van der Waals surface area contributed by atoms with Gasteiger partial charge >= 0.3 is 5.97 Å². The Kier molecular flexibility index (Phi) is 3.14. The van der Waals surface area contributed by atoms with Crippen LogP contribution in [0.1, 0.15) is 32.6 Å². The molecule has 2 rings (SSSR count). The number of carbonyl (C=O) groups excluding carboxylic acids is 1. The lowest BCUT2D eigenvalue weighted by molar-refractivity contribution is -0.142. The van der Waals surface area contributed by atoms with E-state index in [-0.39, 0.29) is 17.9 Å². The molecule has 2 bridgehead atoms. The van der Waals surface area contributed by atoms with Crippen molar-refractivity contribution in [3.8, 4) is 0 Å². The molecule has 2 heterocycles. The van der Waals surface area contributed by atoms with Gasteiger partial charge in [-0.3, -0.25) is 4.79 Å². The van der Waals surface area contributed by atoms with E-state index in [0.29, 0.717) is 12.5 Å². The minimum absolute atomic E-state index is 0.0350. The Labute approximate surface area is 94.6 Å². The lowest BCUT2D eigenvalue weighted by Gasteiger charge is -2.21. The number of amides is 1. The third-order valence-electron chi connectivity index (χ3n) is 3.66. The molecule has 0 saturated carbocycles. The Bertz CT molecular complexity index is 306. The second-order valence-corrected chi connectivity index (χ2v) is 4.70. The van der Waals surface area contributed by atoms with Crippen LogP contribution in [0, 0.1) is 5.92 Å². The summed E-state index contributed by atoms with van der Waals surface area (Å²) in [6.07, 6.45) is 3.46. The monoisotopic (exact) mass is 226 g/mol. The van der Waals surface area contributed by atoms with E-state index in [1.807, 2.05) is 0 Å². The fourth-order valence-corrected chi connectivity index (χ4v) is 2.73. The van der Waals surface area contributed by atoms with Crippen LogP contribution in [0.15, 0.2) is 0 Å². The van der Waals surface area contributed by atoms with Gasteiger partial charge in [-0.1, -0.05) is 6.92 Å². The molecule has 16 heavy (non-hydrogen) atoms. The molecule has 90 valence electrons. The second-order valence-electron chi connectivity index (χ2n) is 4.70. The van der Waals surface area contributed by atoms with Crippen molar-refractivity contribution in [2.45, 2.75) is 50.7 Å². The molecule has 0 radical (unpaired) electrons. The van der Waals surface area contributed by atoms with Gasteiger partial charge in [-0.2, -0.15) is 0 Å². The van der Waals surface area contributed by atoms with Crippen molar-refractivity contribution >= 4 is 11.9 Å². The highest BCUT2D eigenvalue weighted by molar-refractivity contribution is 5.85. The smallest absolute Gasteiger partial charge is 0.326 e. The number of aliphatic carboxylic acids is 1. The molecule has 5 heteroatoms.